The molecule has 1 aromatic carbocycles. The Kier molecular flexibility index (Phi) is 4.69. The van der Waals surface area contributed by atoms with Gasteiger partial charge in [0, 0.05) is 12.6 Å². The lowest BCUT2D eigenvalue weighted by molar-refractivity contribution is 0.163. The van der Waals surface area contributed by atoms with Crippen molar-refractivity contribution in [3.8, 4) is 5.75 Å². The number of fused-ring (bicyclic) bond motifs is 1. The Balaban J connectivity index is 1.59. The van der Waals surface area contributed by atoms with Crippen LogP contribution in [0.25, 0.3) is 0 Å². The van der Waals surface area contributed by atoms with Gasteiger partial charge in [-0.15, -0.1) is 0 Å². The summed E-state index contributed by atoms with van der Waals surface area (Å²) in [6, 6.07) is 7.39. The molecule has 3 heteroatoms. The summed E-state index contributed by atoms with van der Waals surface area (Å²) in [6.45, 7) is 7.91. The van der Waals surface area contributed by atoms with Crippen LogP contribution in [-0.4, -0.2) is 36.7 Å². The Morgan fingerprint density at radius 3 is 3.05 bits per heavy atom. The fourth-order valence-corrected chi connectivity index (χ4v) is 3.41. The van der Waals surface area contributed by atoms with Crippen LogP contribution in [0.3, 0.4) is 0 Å². The Bertz CT molecular complexity index is 474. The second-order valence-electron chi connectivity index (χ2n) is 6.49. The van der Waals surface area contributed by atoms with Crippen molar-refractivity contribution in [2.75, 3.05) is 25.0 Å². The maximum atomic E-state index is 5.97. The second-order valence-corrected chi connectivity index (χ2v) is 6.49. The second kappa shape index (κ2) is 6.69. The van der Waals surface area contributed by atoms with Crippen LogP contribution in [0.4, 0.5) is 5.69 Å². The van der Waals surface area contributed by atoms with Crippen molar-refractivity contribution in [3.05, 3.63) is 23.8 Å². The summed E-state index contributed by atoms with van der Waals surface area (Å²) in [6.07, 6.45) is 6.63. The third kappa shape index (κ3) is 3.52. The molecule has 3 nitrogen and oxygen atoms in total. The predicted molar refractivity (Wildman–Crippen MR) is 88.2 cm³/mol. The monoisotopic (exact) mass is 288 g/mol. The minimum Gasteiger partial charge on any atom is -0.486 e. The zero-order chi connectivity index (χ0) is 14.7. The summed E-state index contributed by atoms with van der Waals surface area (Å²) in [5.74, 6) is 1.02. The topological polar surface area (TPSA) is 24.5 Å². The molecule has 21 heavy (non-hydrogen) atoms. The van der Waals surface area contributed by atoms with E-state index in [1.165, 1.54) is 43.6 Å². The lowest BCUT2D eigenvalue weighted by Crippen LogP contribution is -2.38. The molecule has 3 rings (SSSR count). The number of nitrogens with one attached hydrogen (secondary N) is 1. The van der Waals surface area contributed by atoms with E-state index >= 15 is 0 Å². The van der Waals surface area contributed by atoms with Crippen molar-refractivity contribution in [1.82, 2.24) is 4.90 Å². The molecular weight excluding hydrogens is 260 g/mol. The maximum Gasteiger partial charge on any atom is 0.142 e. The van der Waals surface area contributed by atoms with Gasteiger partial charge in [-0.1, -0.05) is 19.4 Å². The van der Waals surface area contributed by atoms with Gasteiger partial charge in [-0.05, 0) is 56.8 Å². The van der Waals surface area contributed by atoms with Crippen molar-refractivity contribution in [1.29, 1.82) is 0 Å². The van der Waals surface area contributed by atoms with Crippen LogP contribution in [0.2, 0.25) is 0 Å². The van der Waals surface area contributed by atoms with Crippen molar-refractivity contribution >= 4 is 5.69 Å². The molecule has 0 spiro atoms. The van der Waals surface area contributed by atoms with E-state index in [1.807, 2.05) is 0 Å². The van der Waals surface area contributed by atoms with Gasteiger partial charge in [-0.3, -0.25) is 0 Å². The number of benzene rings is 1. The van der Waals surface area contributed by atoms with Gasteiger partial charge in [0.05, 0.1) is 12.2 Å². The molecule has 116 valence electrons. The average molecular weight is 288 g/mol. The number of hydrogen-bond donors (Lipinski definition) is 1. The van der Waals surface area contributed by atoms with Gasteiger partial charge in [-0.2, -0.15) is 0 Å². The summed E-state index contributed by atoms with van der Waals surface area (Å²) in [7, 11) is 0. The summed E-state index contributed by atoms with van der Waals surface area (Å²) in [5, 5.41) is 3.51. The minimum absolute atomic E-state index is 0.317. The number of rotatable bonds is 4. The molecule has 2 aliphatic heterocycles. The van der Waals surface area contributed by atoms with Gasteiger partial charge in [0.25, 0.3) is 0 Å². The molecule has 0 aliphatic carbocycles. The fraction of sp³-hybridized carbons (Fsp3) is 0.667. The highest BCUT2D eigenvalue weighted by molar-refractivity contribution is 5.59. The van der Waals surface area contributed by atoms with Crippen LogP contribution in [0.5, 0.6) is 5.75 Å². The van der Waals surface area contributed by atoms with E-state index in [2.05, 4.69) is 42.3 Å². The number of ether oxygens (including phenoxy) is 1. The highest BCUT2D eigenvalue weighted by atomic mass is 16.5. The fourth-order valence-electron chi connectivity index (χ4n) is 3.41. The first kappa shape index (κ1) is 14.7. The molecule has 0 bridgehead atoms. The van der Waals surface area contributed by atoms with Crippen molar-refractivity contribution in [2.24, 2.45) is 0 Å². The van der Waals surface area contributed by atoms with Crippen LogP contribution < -0.4 is 10.1 Å². The first-order chi connectivity index (χ1) is 10.3. The molecule has 0 amide bonds. The minimum atomic E-state index is 0.317. The molecular formula is C18H28N2O. The Labute approximate surface area is 128 Å². The molecule has 0 aromatic heterocycles. The number of anilines is 1. The van der Waals surface area contributed by atoms with Gasteiger partial charge >= 0.3 is 0 Å². The third-order valence-electron chi connectivity index (χ3n) is 4.94. The largest absolute Gasteiger partial charge is 0.486 e. The van der Waals surface area contributed by atoms with Crippen molar-refractivity contribution in [3.63, 3.8) is 0 Å². The van der Waals surface area contributed by atoms with Gasteiger partial charge in [-0.25, -0.2) is 0 Å². The van der Waals surface area contributed by atoms with E-state index in [0.717, 1.165) is 31.2 Å². The first-order valence-corrected chi connectivity index (χ1v) is 8.53. The highest BCUT2D eigenvalue weighted by Gasteiger charge is 2.19. The van der Waals surface area contributed by atoms with Gasteiger partial charge in [0.2, 0.25) is 0 Å². The van der Waals surface area contributed by atoms with E-state index in [0.29, 0.717) is 6.10 Å². The zero-order valence-electron chi connectivity index (χ0n) is 13.4. The lowest BCUT2D eigenvalue weighted by Gasteiger charge is -2.33. The average Bonchev–Trinajstić information content (AvgIpc) is 2.53. The standard InChI is InChI=1S/C18H28N2O/c1-3-16-13-19-17-12-15(7-8-18(17)21-16)9-11-20-10-5-4-6-14(20)2/h7-8,12,14,16,19H,3-6,9-11,13H2,1-2H3. The molecule has 2 aliphatic rings. The lowest BCUT2D eigenvalue weighted by atomic mass is 10.0. The molecule has 1 saturated heterocycles. The Morgan fingerprint density at radius 2 is 2.24 bits per heavy atom. The Morgan fingerprint density at radius 1 is 1.33 bits per heavy atom. The third-order valence-corrected chi connectivity index (χ3v) is 4.94. The molecule has 0 saturated carbocycles. The molecule has 1 aromatic rings. The number of likely N-dealkylation sites (tertiary alicyclic amines) is 1. The summed E-state index contributed by atoms with van der Waals surface area (Å²) in [5.41, 5.74) is 2.58. The number of piperidine rings is 1. The Hall–Kier alpha value is -1.22. The van der Waals surface area contributed by atoms with E-state index in [4.69, 9.17) is 4.74 Å². The molecule has 2 unspecified atom stereocenters. The van der Waals surface area contributed by atoms with Crippen LogP contribution >= 0.6 is 0 Å². The van der Waals surface area contributed by atoms with Gasteiger partial charge in [0.15, 0.2) is 0 Å². The first-order valence-electron chi connectivity index (χ1n) is 8.53. The predicted octanol–water partition coefficient (Wildman–Crippen LogP) is 3.69. The number of hydrogen-bond acceptors (Lipinski definition) is 3. The van der Waals surface area contributed by atoms with Gasteiger partial charge in [0.1, 0.15) is 11.9 Å². The maximum absolute atomic E-state index is 5.97. The normalized spacial score (nSPS) is 25.8. The molecule has 2 atom stereocenters. The van der Waals surface area contributed by atoms with E-state index in [1.54, 1.807) is 0 Å². The van der Waals surface area contributed by atoms with E-state index in [-0.39, 0.29) is 0 Å². The van der Waals surface area contributed by atoms with Crippen LogP contribution in [0, 0.1) is 0 Å². The SMILES string of the molecule is CCC1CNc2cc(CCN3CCCCC3C)ccc2O1. The molecule has 0 radical (unpaired) electrons. The van der Waals surface area contributed by atoms with Crippen molar-refractivity contribution in [2.45, 2.75) is 58.1 Å². The van der Waals surface area contributed by atoms with E-state index < -0.39 is 0 Å². The van der Waals surface area contributed by atoms with Crippen LogP contribution in [-0.2, 0) is 6.42 Å². The van der Waals surface area contributed by atoms with Crippen LogP contribution in [0.15, 0.2) is 18.2 Å². The van der Waals surface area contributed by atoms with Crippen LogP contribution in [0.1, 0.15) is 45.1 Å². The summed E-state index contributed by atoms with van der Waals surface area (Å²) in [4.78, 5) is 2.64. The quantitative estimate of drug-likeness (QED) is 0.914. The zero-order valence-corrected chi connectivity index (χ0v) is 13.4. The molecule has 2 heterocycles. The van der Waals surface area contributed by atoms with E-state index in [9.17, 15) is 0 Å². The van der Waals surface area contributed by atoms with Gasteiger partial charge < -0.3 is 15.0 Å². The summed E-state index contributed by atoms with van der Waals surface area (Å²) < 4.78 is 5.97. The molecule has 1 N–H and O–H groups in total. The summed E-state index contributed by atoms with van der Waals surface area (Å²) >= 11 is 0. The number of nitrogens with zero attached hydrogens (tertiary/aromatic N) is 1. The smallest absolute Gasteiger partial charge is 0.142 e. The molecule has 1 fully saturated rings. The highest BCUT2D eigenvalue weighted by Crippen LogP contribution is 2.31. The van der Waals surface area contributed by atoms with Crippen molar-refractivity contribution < 1.29 is 4.74 Å².